The Bertz CT molecular complexity index is 788. The Morgan fingerprint density at radius 1 is 0.574 bits per heavy atom. The normalized spacial score (nSPS) is 13.5. The first kappa shape index (κ1) is 45.8. The minimum Gasteiger partial charge on any atom is -0.462 e. The van der Waals surface area contributed by atoms with E-state index < -0.39 is 26.5 Å². The first-order valence-electron chi connectivity index (χ1n) is 19.4. The molecule has 0 aliphatic rings. The molecule has 278 valence electrons. The summed E-state index contributed by atoms with van der Waals surface area (Å²) in [7, 11) is -3.19. The number of carbonyl (C=O) groups is 2. The molecule has 8 nitrogen and oxygen atoms in total. The molecule has 0 bridgehead atoms. The van der Waals surface area contributed by atoms with Crippen LogP contribution < -0.4 is 0 Å². The van der Waals surface area contributed by atoms with Crippen LogP contribution >= 0.6 is 7.82 Å². The van der Waals surface area contributed by atoms with Crippen molar-refractivity contribution in [1.82, 2.24) is 0 Å². The average molecular weight is 689 g/mol. The molecule has 0 rings (SSSR count). The van der Waals surface area contributed by atoms with Crippen molar-refractivity contribution in [2.45, 2.75) is 200 Å². The summed E-state index contributed by atoms with van der Waals surface area (Å²) < 4.78 is 31.8. The number of hydrogen-bond acceptors (Lipinski definition) is 7. The predicted molar refractivity (Wildman–Crippen MR) is 193 cm³/mol. The van der Waals surface area contributed by atoms with Gasteiger partial charge in [-0.25, -0.2) is 4.57 Å². The summed E-state index contributed by atoms with van der Waals surface area (Å²) in [6.07, 6.45) is 35.5. The minimum atomic E-state index is -4.25. The molecule has 0 saturated heterocycles. The summed E-state index contributed by atoms with van der Waals surface area (Å²) in [4.78, 5) is 34.2. The zero-order valence-electron chi connectivity index (χ0n) is 30.7. The van der Waals surface area contributed by atoms with Crippen LogP contribution in [0.1, 0.15) is 194 Å². The Balaban J connectivity index is 3.97. The number of ether oxygens (including phenoxy) is 2. The van der Waals surface area contributed by atoms with Gasteiger partial charge in [0, 0.05) is 20.0 Å². The summed E-state index contributed by atoms with van der Waals surface area (Å²) in [6, 6.07) is 0. The molecule has 0 amide bonds. The smallest absolute Gasteiger partial charge is 0.462 e. The van der Waals surface area contributed by atoms with Crippen LogP contribution in [0.2, 0.25) is 0 Å². The molecule has 0 spiro atoms. The topological polar surface area (TPSA) is 108 Å². The zero-order valence-corrected chi connectivity index (χ0v) is 31.6. The zero-order chi connectivity index (χ0) is 34.7. The number of rotatable bonds is 36. The van der Waals surface area contributed by atoms with Gasteiger partial charge in [-0.05, 0) is 38.5 Å². The maximum atomic E-state index is 12.4. The number of esters is 2. The molecular formula is C38H73O8P. The van der Waals surface area contributed by atoms with Crippen LogP contribution in [-0.4, -0.2) is 43.3 Å². The van der Waals surface area contributed by atoms with Crippen LogP contribution in [0.5, 0.6) is 0 Å². The molecule has 0 aliphatic carbocycles. The van der Waals surface area contributed by atoms with Gasteiger partial charge in [-0.2, -0.15) is 0 Å². The number of hydrogen-bond donors (Lipinski definition) is 1. The van der Waals surface area contributed by atoms with Crippen LogP contribution in [0.4, 0.5) is 0 Å². The van der Waals surface area contributed by atoms with Gasteiger partial charge in [-0.3, -0.25) is 18.6 Å². The number of phosphoric ester groups is 1. The van der Waals surface area contributed by atoms with Gasteiger partial charge in [0.1, 0.15) is 6.61 Å². The van der Waals surface area contributed by atoms with Gasteiger partial charge in [0.2, 0.25) is 0 Å². The van der Waals surface area contributed by atoms with Crippen molar-refractivity contribution >= 4 is 19.8 Å². The molecule has 0 heterocycles. The van der Waals surface area contributed by atoms with Crippen LogP contribution in [0.3, 0.4) is 0 Å². The van der Waals surface area contributed by atoms with Gasteiger partial charge < -0.3 is 14.4 Å². The van der Waals surface area contributed by atoms with Gasteiger partial charge in [-0.15, -0.1) is 0 Å². The third-order valence-corrected chi connectivity index (χ3v) is 9.45. The lowest BCUT2D eigenvalue weighted by Crippen LogP contribution is -2.29. The van der Waals surface area contributed by atoms with Crippen LogP contribution in [-0.2, 0) is 32.7 Å². The number of carbonyl (C=O) groups excluding carboxylic acids is 2. The van der Waals surface area contributed by atoms with Crippen LogP contribution in [0.15, 0.2) is 12.2 Å². The van der Waals surface area contributed by atoms with Crippen molar-refractivity contribution in [2.24, 2.45) is 0 Å². The second-order valence-corrected chi connectivity index (χ2v) is 14.6. The highest BCUT2D eigenvalue weighted by Crippen LogP contribution is 2.42. The Kier molecular flexibility index (Phi) is 33.8. The molecule has 0 fully saturated rings. The van der Waals surface area contributed by atoms with E-state index in [1.165, 1.54) is 128 Å². The van der Waals surface area contributed by atoms with Crippen LogP contribution in [0, 0.1) is 0 Å². The second-order valence-electron chi connectivity index (χ2n) is 13.1. The lowest BCUT2D eigenvalue weighted by molar-refractivity contribution is -0.161. The average Bonchev–Trinajstić information content (AvgIpc) is 3.06. The van der Waals surface area contributed by atoms with E-state index in [-0.39, 0.29) is 19.0 Å². The second kappa shape index (κ2) is 34.6. The maximum Gasteiger partial charge on any atom is 0.472 e. The van der Waals surface area contributed by atoms with E-state index in [9.17, 15) is 19.0 Å². The van der Waals surface area contributed by atoms with Crippen molar-refractivity contribution < 1.29 is 37.6 Å². The van der Waals surface area contributed by atoms with E-state index in [0.29, 0.717) is 12.8 Å². The fourth-order valence-electron chi connectivity index (χ4n) is 5.48. The molecule has 1 N–H and O–H groups in total. The summed E-state index contributed by atoms with van der Waals surface area (Å²) in [5, 5.41) is 0. The fraction of sp³-hybridized carbons (Fsp3) is 0.895. The molecule has 0 aliphatic heterocycles. The Labute approximate surface area is 289 Å². The first-order valence-corrected chi connectivity index (χ1v) is 20.9. The van der Waals surface area contributed by atoms with Gasteiger partial charge in [0.05, 0.1) is 6.61 Å². The Morgan fingerprint density at radius 3 is 1.38 bits per heavy atom. The predicted octanol–water partition coefficient (Wildman–Crippen LogP) is 11.7. The highest BCUT2D eigenvalue weighted by Gasteiger charge is 2.24. The van der Waals surface area contributed by atoms with Crippen molar-refractivity contribution in [3.63, 3.8) is 0 Å². The van der Waals surface area contributed by atoms with Gasteiger partial charge in [-0.1, -0.05) is 154 Å². The van der Waals surface area contributed by atoms with E-state index in [0.717, 1.165) is 39.2 Å². The van der Waals surface area contributed by atoms with Crippen LogP contribution in [0.25, 0.3) is 0 Å². The van der Waals surface area contributed by atoms with E-state index >= 15 is 0 Å². The van der Waals surface area contributed by atoms with Crippen molar-refractivity contribution in [2.75, 3.05) is 20.3 Å². The van der Waals surface area contributed by atoms with E-state index in [4.69, 9.17) is 14.0 Å². The molecule has 0 saturated carbocycles. The lowest BCUT2D eigenvalue weighted by Gasteiger charge is -2.19. The number of phosphoric acid groups is 1. The number of unbranched alkanes of at least 4 members (excludes halogenated alkanes) is 23. The van der Waals surface area contributed by atoms with E-state index in [1.807, 2.05) is 0 Å². The molecule has 2 atom stereocenters. The summed E-state index contributed by atoms with van der Waals surface area (Å²) >= 11 is 0. The highest BCUT2D eigenvalue weighted by atomic mass is 31.2. The molecule has 0 radical (unpaired) electrons. The Morgan fingerprint density at radius 2 is 0.957 bits per heavy atom. The third kappa shape index (κ3) is 34.5. The third-order valence-electron chi connectivity index (χ3n) is 8.51. The van der Waals surface area contributed by atoms with Crippen molar-refractivity contribution in [3.05, 3.63) is 12.2 Å². The molecule has 2 unspecified atom stereocenters. The number of allylic oxidation sites excluding steroid dienone is 2. The van der Waals surface area contributed by atoms with Gasteiger partial charge in [0.15, 0.2) is 6.10 Å². The molecule has 9 heteroatoms. The molecule has 0 aromatic rings. The minimum absolute atomic E-state index is 0.221. The SMILES string of the molecule is CCCCCCCC/C=C\CCCCCCCCCCCC(=O)OC(COC(=O)CCCCCCCCCCC)COP(=O)(O)OC. The van der Waals surface area contributed by atoms with E-state index in [2.05, 4.69) is 30.5 Å². The summed E-state index contributed by atoms with van der Waals surface area (Å²) in [5.74, 6) is -0.802. The quantitative estimate of drug-likeness (QED) is 0.0300. The molecule has 0 aromatic heterocycles. The maximum absolute atomic E-state index is 12.4. The van der Waals surface area contributed by atoms with E-state index in [1.54, 1.807) is 0 Å². The molecule has 47 heavy (non-hydrogen) atoms. The van der Waals surface area contributed by atoms with Crippen molar-refractivity contribution in [1.29, 1.82) is 0 Å². The largest absolute Gasteiger partial charge is 0.472 e. The Hall–Kier alpha value is -1.21. The van der Waals surface area contributed by atoms with Gasteiger partial charge >= 0.3 is 19.8 Å². The highest BCUT2D eigenvalue weighted by molar-refractivity contribution is 7.47. The fourth-order valence-corrected chi connectivity index (χ4v) is 5.94. The molecular weight excluding hydrogens is 615 g/mol. The molecule has 0 aromatic carbocycles. The van der Waals surface area contributed by atoms with Gasteiger partial charge in [0.25, 0.3) is 0 Å². The van der Waals surface area contributed by atoms with Crippen molar-refractivity contribution in [3.8, 4) is 0 Å². The first-order chi connectivity index (χ1) is 22.8. The lowest BCUT2D eigenvalue weighted by atomic mass is 10.1. The summed E-state index contributed by atoms with van der Waals surface area (Å²) in [5.41, 5.74) is 0. The summed E-state index contributed by atoms with van der Waals surface area (Å²) in [6.45, 7) is 3.86. The standard InChI is InChI=1S/C38H73O8P/c1-4-6-8-10-12-14-15-16-17-18-19-20-21-22-23-25-27-29-31-33-38(40)46-36(35-45-47(41,42)43-3)34-44-37(39)32-30-28-26-24-13-11-9-7-5-2/h16-17,36H,4-15,18-35H2,1-3H3,(H,41,42)/b17-16-. The monoisotopic (exact) mass is 689 g/mol.